The third-order valence-electron chi connectivity index (χ3n) is 5.44. The van der Waals surface area contributed by atoms with E-state index in [1.54, 1.807) is 29.7 Å². The minimum absolute atomic E-state index is 0.0182. The Morgan fingerprint density at radius 3 is 2.67 bits per heavy atom. The fraction of sp³-hybridized carbons (Fsp3) is 0.458. The lowest BCUT2D eigenvalue weighted by Gasteiger charge is -2.17. The first-order valence-corrected chi connectivity index (χ1v) is 13.3. The summed E-state index contributed by atoms with van der Waals surface area (Å²) in [6.07, 6.45) is 4.17. The van der Waals surface area contributed by atoms with Crippen LogP contribution in [0, 0.1) is 20.8 Å². The van der Waals surface area contributed by atoms with E-state index < -0.39 is 5.97 Å². The molecule has 0 saturated heterocycles. The van der Waals surface area contributed by atoms with Crippen LogP contribution in [0.5, 0.6) is 0 Å². The maximum Gasteiger partial charge on any atom is 0.341 e. The number of methoxy groups -OCH3 is 1. The molecule has 2 aromatic heterocycles. The highest BCUT2D eigenvalue weighted by Gasteiger charge is 2.31. The van der Waals surface area contributed by atoms with E-state index in [0.717, 1.165) is 21.7 Å². The summed E-state index contributed by atoms with van der Waals surface area (Å²) in [5, 5.41) is 8.04. The number of hydrogen-bond donors (Lipinski definition) is 1. The Morgan fingerprint density at radius 1 is 1.28 bits per heavy atom. The lowest BCUT2D eigenvalue weighted by molar-refractivity contribution is -0.122. The molecule has 3 heterocycles. The summed E-state index contributed by atoms with van der Waals surface area (Å²) in [5.41, 5.74) is 3.06. The van der Waals surface area contributed by atoms with Crippen LogP contribution in [-0.4, -0.2) is 70.3 Å². The average Bonchev–Trinajstić information content (AvgIpc) is 3.40. The van der Waals surface area contributed by atoms with Crippen molar-refractivity contribution in [2.45, 2.75) is 34.1 Å². The predicted molar refractivity (Wildman–Crippen MR) is 142 cm³/mol. The van der Waals surface area contributed by atoms with Gasteiger partial charge >= 0.3 is 5.97 Å². The Hall–Kier alpha value is -2.96. The van der Waals surface area contributed by atoms with Gasteiger partial charge in [-0.3, -0.25) is 19.2 Å². The highest BCUT2D eigenvalue weighted by atomic mass is 32.2. The average molecular weight is 534 g/mol. The number of hydrogen-bond acceptors (Lipinski definition) is 9. The van der Waals surface area contributed by atoms with Gasteiger partial charge in [-0.05, 0) is 45.8 Å². The van der Waals surface area contributed by atoms with Crippen LogP contribution < -0.4 is 5.32 Å². The second kappa shape index (κ2) is 12.3. The molecule has 0 bridgehead atoms. The quantitative estimate of drug-likeness (QED) is 0.282. The minimum Gasteiger partial charge on any atom is -0.462 e. The topological polar surface area (TPSA) is 115 Å². The third-order valence-corrected chi connectivity index (χ3v) is 7.53. The number of aryl methyl sites for hydroxylation is 3. The van der Waals surface area contributed by atoms with Crippen LogP contribution in [0.2, 0.25) is 0 Å². The van der Waals surface area contributed by atoms with Gasteiger partial charge in [-0.1, -0.05) is 11.8 Å². The van der Waals surface area contributed by atoms with Crippen molar-refractivity contribution in [1.82, 2.24) is 14.7 Å². The van der Waals surface area contributed by atoms with Gasteiger partial charge in [-0.15, -0.1) is 11.3 Å². The molecule has 12 heteroatoms. The molecule has 0 aromatic carbocycles. The number of carbonyl (C=O) groups is 3. The van der Waals surface area contributed by atoms with Gasteiger partial charge in [0.25, 0.3) is 5.91 Å². The predicted octanol–water partition coefficient (Wildman–Crippen LogP) is 3.53. The Kier molecular flexibility index (Phi) is 9.46. The molecule has 0 atom stereocenters. The summed E-state index contributed by atoms with van der Waals surface area (Å²) in [7, 11) is 3.42. The van der Waals surface area contributed by atoms with Crippen molar-refractivity contribution < 1.29 is 23.9 Å². The molecule has 10 nitrogen and oxygen atoms in total. The Balaban J connectivity index is 1.76. The van der Waals surface area contributed by atoms with Gasteiger partial charge in [0.2, 0.25) is 5.91 Å². The van der Waals surface area contributed by atoms with Crippen molar-refractivity contribution in [3.8, 4) is 0 Å². The molecule has 3 rings (SSSR count). The third kappa shape index (κ3) is 6.42. The van der Waals surface area contributed by atoms with Gasteiger partial charge < -0.3 is 14.8 Å². The van der Waals surface area contributed by atoms with Gasteiger partial charge in [0, 0.05) is 43.9 Å². The van der Waals surface area contributed by atoms with Crippen LogP contribution in [0.3, 0.4) is 0 Å². The van der Waals surface area contributed by atoms with Gasteiger partial charge in [0.1, 0.15) is 10.7 Å². The molecule has 0 aliphatic carbocycles. The first-order valence-electron chi connectivity index (χ1n) is 11.5. The first-order chi connectivity index (χ1) is 17.2. The minimum atomic E-state index is -0.460. The molecule has 1 N–H and O–H groups in total. The molecule has 2 amide bonds. The monoisotopic (exact) mass is 533 g/mol. The molecule has 1 aliphatic rings. The number of aliphatic imine (C=N–C) groups is 1. The van der Waals surface area contributed by atoms with Crippen LogP contribution >= 0.6 is 23.1 Å². The van der Waals surface area contributed by atoms with E-state index in [1.807, 2.05) is 34.0 Å². The number of aromatic nitrogens is 2. The van der Waals surface area contributed by atoms with E-state index in [-0.39, 0.29) is 24.2 Å². The van der Waals surface area contributed by atoms with Crippen molar-refractivity contribution >= 4 is 57.1 Å². The smallest absolute Gasteiger partial charge is 0.341 e. The molecule has 0 unspecified atom stereocenters. The van der Waals surface area contributed by atoms with Crippen LogP contribution in [0.25, 0.3) is 6.08 Å². The zero-order valence-electron chi connectivity index (χ0n) is 21.3. The van der Waals surface area contributed by atoms with Crippen LogP contribution in [0.1, 0.15) is 45.4 Å². The number of thiophene rings is 1. The number of nitrogens with zero attached hydrogens (tertiary/aromatic N) is 4. The number of anilines is 1. The van der Waals surface area contributed by atoms with Gasteiger partial charge in [0.05, 0.1) is 23.6 Å². The summed E-state index contributed by atoms with van der Waals surface area (Å²) in [4.78, 5) is 45.3. The second-order valence-electron chi connectivity index (χ2n) is 8.12. The Bertz CT molecular complexity index is 1210. The fourth-order valence-corrected chi connectivity index (χ4v) is 5.46. The molecule has 0 radical (unpaired) electrons. The van der Waals surface area contributed by atoms with E-state index in [1.165, 1.54) is 23.1 Å². The number of nitrogens with one attached hydrogen (secondary N) is 1. The molecule has 0 spiro atoms. The second-order valence-corrected chi connectivity index (χ2v) is 10.3. The molecule has 1 aliphatic heterocycles. The van der Waals surface area contributed by atoms with E-state index >= 15 is 0 Å². The van der Waals surface area contributed by atoms with Crippen molar-refractivity contribution in [2.24, 2.45) is 12.0 Å². The summed E-state index contributed by atoms with van der Waals surface area (Å²) in [6.45, 7) is 8.49. The number of amides is 2. The summed E-state index contributed by atoms with van der Waals surface area (Å²) >= 11 is 2.50. The largest absolute Gasteiger partial charge is 0.462 e. The van der Waals surface area contributed by atoms with E-state index in [4.69, 9.17) is 9.47 Å². The van der Waals surface area contributed by atoms with Gasteiger partial charge in [-0.2, -0.15) is 5.10 Å². The van der Waals surface area contributed by atoms with E-state index in [2.05, 4.69) is 15.4 Å². The number of carbonyl (C=O) groups excluding carboxylic acids is 3. The summed E-state index contributed by atoms with van der Waals surface area (Å²) < 4.78 is 12.0. The SMILES string of the molecule is CCOC(=O)c1c(NC(=O)CSC2=N/C(=C/c3cn(C)nc3C)C(=O)N2CCCOC)sc(C)c1C. The van der Waals surface area contributed by atoms with Crippen LogP contribution in [-0.2, 0) is 26.1 Å². The highest BCUT2D eigenvalue weighted by Crippen LogP contribution is 2.33. The zero-order valence-corrected chi connectivity index (χ0v) is 23.0. The standard InChI is InChI=1S/C24H31N5O5S2/c1-7-34-23(32)20-14(2)16(4)36-21(20)26-19(30)13-35-24-25-18(11-17-12-28(5)27-15(17)3)22(31)29(24)9-8-10-33-6/h11-12H,7-10,13H2,1-6H3,(H,26,30)/b18-11+. The van der Waals surface area contributed by atoms with Gasteiger partial charge in [-0.25, -0.2) is 9.79 Å². The molecular formula is C24H31N5O5S2. The molecule has 0 saturated carbocycles. The van der Waals surface area contributed by atoms with Crippen molar-refractivity contribution in [3.05, 3.63) is 39.2 Å². The number of esters is 1. The fourth-order valence-electron chi connectivity index (χ4n) is 3.57. The maximum atomic E-state index is 13.1. The lowest BCUT2D eigenvalue weighted by Crippen LogP contribution is -2.32. The summed E-state index contributed by atoms with van der Waals surface area (Å²) in [5.74, 6) is -0.979. The zero-order chi connectivity index (χ0) is 26.4. The molecule has 2 aromatic rings. The van der Waals surface area contributed by atoms with E-state index in [9.17, 15) is 14.4 Å². The molecule has 36 heavy (non-hydrogen) atoms. The summed E-state index contributed by atoms with van der Waals surface area (Å²) in [6, 6.07) is 0. The normalized spacial score (nSPS) is 14.5. The number of ether oxygens (including phenoxy) is 2. The van der Waals surface area contributed by atoms with Crippen molar-refractivity contribution in [2.75, 3.05) is 37.9 Å². The Morgan fingerprint density at radius 2 is 2.03 bits per heavy atom. The van der Waals surface area contributed by atoms with Crippen LogP contribution in [0.4, 0.5) is 5.00 Å². The van der Waals surface area contributed by atoms with Crippen molar-refractivity contribution in [3.63, 3.8) is 0 Å². The number of thioether (sulfide) groups is 1. The molecule has 0 fully saturated rings. The highest BCUT2D eigenvalue weighted by molar-refractivity contribution is 8.14. The number of amidine groups is 1. The number of rotatable bonds is 10. The Labute approximate surface area is 218 Å². The molecular weight excluding hydrogens is 502 g/mol. The first kappa shape index (κ1) is 27.6. The van der Waals surface area contributed by atoms with Crippen LogP contribution in [0.15, 0.2) is 16.9 Å². The maximum absolute atomic E-state index is 13.1. The lowest BCUT2D eigenvalue weighted by atomic mass is 10.1. The van der Waals surface area contributed by atoms with Crippen molar-refractivity contribution in [1.29, 1.82) is 0 Å². The van der Waals surface area contributed by atoms with E-state index in [0.29, 0.717) is 41.0 Å². The molecule has 194 valence electrons. The van der Waals surface area contributed by atoms with Gasteiger partial charge in [0.15, 0.2) is 5.17 Å².